The van der Waals surface area contributed by atoms with Crippen molar-refractivity contribution in [3.8, 4) is 0 Å². The van der Waals surface area contributed by atoms with Gasteiger partial charge in [-0.05, 0) is 34.6 Å². The number of carbonyl (C=O) groups excluding carboxylic acids is 2. The van der Waals surface area contributed by atoms with Crippen LogP contribution >= 0.6 is 0 Å². The summed E-state index contributed by atoms with van der Waals surface area (Å²) in [4.78, 5) is 22.7. The van der Waals surface area contributed by atoms with Crippen LogP contribution in [0.25, 0.3) is 0 Å². The summed E-state index contributed by atoms with van der Waals surface area (Å²) in [6, 6.07) is 0. The molecule has 0 aromatic rings. The topological polar surface area (TPSA) is 67.9 Å². The van der Waals surface area contributed by atoms with Gasteiger partial charge in [-0.15, -0.1) is 0 Å². The highest BCUT2D eigenvalue weighted by Crippen LogP contribution is 2.06. The molecule has 0 bridgehead atoms. The van der Waals surface area contributed by atoms with Crippen LogP contribution in [0.1, 0.15) is 34.6 Å². The van der Waals surface area contributed by atoms with E-state index in [1.54, 1.807) is 34.6 Å². The van der Waals surface area contributed by atoms with Crippen molar-refractivity contribution in [3.63, 3.8) is 0 Å². The molecule has 6 nitrogen and oxygen atoms in total. The third-order valence-corrected chi connectivity index (χ3v) is 1.43. The largest absolute Gasteiger partial charge is 0.448 e. The van der Waals surface area contributed by atoms with E-state index in [0.717, 1.165) is 5.01 Å². The molecular formula is C10H20N2O4. The monoisotopic (exact) mass is 232 g/mol. The molecule has 0 aliphatic carbocycles. The normalized spacial score (nSPS) is 10.6. The first kappa shape index (κ1) is 14.5. The van der Waals surface area contributed by atoms with Crippen LogP contribution in [-0.2, 0) is 9.47 Å². The number of nitrogens with one attached hydrogen (secondary N) is 1. The minimum absolute atomic E-state index is 0.255. The van der Waals surface area contributed by atoms with Gasteiger partial charge in [0.05, 0.1) is 6.61 Å². The Bertz CT molecular complexity index is 248. The number of rotatable bonds is 2. The SMILES string of the molecule is CCOC(=O)N(CC)NC(=O)OC(C)(C)C. The Labute approximate surface area is 95.9 Å². The maximum absolute atomic E-state index is 11.4. The molecule has 0 aromatic heterocycles. The van der Waals surface area contributed by atoms with Crippen molar-refractivity contribution in [2.45, 2.75) is 40.2 Å². The molecule has 0 aliphatic rings. The molecule has 0 rings (SSSR count). The summed E-state index contributed by atoms with van der Waals surface area (Å²) in [5, 5.41) is 1.05. The van der Waals surface area contributed by atoms with Gasteiger partial charge in [0.1, 0.15) is 5.60 Å². The zero-order valence-corrected chi connectivity index (χ0v) is 10.5. The van der Waals surface area contributed by atoms with Gasteiger partial charge in [0.2, 0.25) is 0 Å². The Morgan fingerprint density at radius 3 is 2.19 bits per heavy atom. The van der Waals surface area contributed by atoms with E-state index in [-0.39, 0.29) is 6.61 Å². The minimum atomic E-state index is -0.678. The second-order valence-electron chi connectivity index (χ2n) is 4.06. The predicted molar refractivity (Wildman–Crippen MR) is 58.8 cm³/mol. The lowest BCUT2D eigenvalue weighted by Gasteiger charge is -2.24. The number of amides is 2. The fourth-order valence-corrected chi connectivity index (χ4v) is 0.866. The Hall–Kier alpha value is -1.46. The number of hydrogen-bond acceptors (Lipinski definition) is 4. The lowest BCUT2D eigenvalue weighted by atomic mass is 10.2. The van der Waals surface area contributed by atoms with Gasteiger partial charge in [-0.2, -0.15) is 0 Å². The Kier molecular flexibility index (Phi) is 5.63. The number of ether oxygens (including phenoxy) is 2. The zero-order valence-electron chi connectivity index (χ0n) is 10.5. The zero-order chi connectivity index (χ0) is 12.8. The number of nitrogens with zero attached hydrogens (tertiary/aromatic N) is 1. The highest BCUT2D eigenvalue weighted by atomic mass is 16.6. The van der Waals surface area contributed by atoms with Crippen LogP contribution in [0.5, 0.6) is 0 Å². The summed E-state index contributed by atoms with van der Waals surface area (Å²) < 4.78 is 9.74. The van der Waals surface area contributed by atoms with E-state index in [4.69, 9.17) is 9.47 Å². The maximum Gasteiger partial charge on any atom is 0.428 e. The van der Waals surface area contributed by atoms with Crippen molar-refractivity contribution in [1.82, 2.24) is 10.4 Å². The summed E-state index contributed by atoms with van der Waals surface area (Å²) in [6.07, 6.45) is -1.28. The second kappa shape index (κ2) is 6.19. The summed E-state index contributed by atoms with van der Waals surface area (Å²) in [6.45, 7) is 9.20. The highest BCUT2D eigenvalue weighted by molar-refractivity contribution is 5.74. The van der Waals surface area contributed by atoms with Gasteiger partial charge < -0.3 is 9.47 Å². The molecule has 0 fully saturated rings. The minimum Gasteiger partial charge on any atom is -0.448 e. The van der Waals surface area contributed by atoms with Crippen LogP contribution in [0.2, 0.25) is 0 Å². The predicted octanol–water partition coefficient (Wildman–Crippen LogP) is 1.90. The van der Waals surface area contributed by atoms with Crippen LogP contribution in [0.15, 0.2) is 0 Å². The van der Waals surface area contributed by atoms with Crippen LogP contribution in [-0.4, -0.2) is 35.9 Å². The molecule has 0 heterocycles. The summed E-state index contributed by atoms with van der Waals surface area (Å²) >= 11 is 0. The highest BCUT2D eigenvalue weighted by Gasteiger charge is 2.20. The number of hydrogen-bond donors (Lipinski definition) is 1. The van der Waals surface area contributed by atoms with Crippen LogP contribution in [0, 0.1) is 0 Å². The first-order valence-corrected chi connectivity index (χ1v) is 5.24. The third kappa shape index (κ3) is 6.10. The second-order valence-corrected chi connectivity index (χ2v) is 4.06. The Morgan fingerprint density at radius 1 is 1.25 bits per heavy atom. The van der Waals surface area contributed by atoms with Crippen molar-refractivity contribution in [2.24, 2.45) is 0 Å². The van der Waals surface area contributed by atoms with Crippen molar-refractivity contribution < 1.29 is 19.1 Å². The molecular weight excluding hydrogens is 212 g/mol. The maximum atomic E-state index is 11.4. The molecule has 94 valence electrons. The van der Waals surface area contributed by atoms with E-state index in [1.165, 1.54) is 0 Å². The van der Waals surface area contributed by atoms with Gasteiger partial charge in [0.25, 0.3) is 0 Å². The quantitative estimate of drug-likeness (QED) is 0.738. The average Bonchev–Trinajstić information content (AvgIpc) is 2.11. The molecule has 2 amide bonds. The fraction of sp³-hybridized carbons (Fsp3) is 0.800. The van der Waals surface area contributed by atoms with Crippen LogP contribution < -0.4 is 5.43 Å². The lowest BCUT2D eigenvalue weighted by Crippen LogP contribution is -2.48. The third-order valence-electron chi connectivity index (χ3n) is 1.43. The lowest BCUT2D eigenvalue weighted by molar-refractivity contribution is 0.0296. The van der Waals surface area contributed by atoms with Crippen molar-refractivity contribution >= 4 is 12.2 Å². The number of carbonyl (C=O) groups is 2. The molecule has 0 saturated heterocycles. The van der Waals surface area contributed by atoms with Gasteiger partial charge in [0.15, 0.2) is 0 Å². The van der Waals surface area contributed by atoms with Gasteiger partial charge in [-0.3, -0.25) is 0 Å². The molecule has 0 aliphatic heterocycles. The standard InChI is InChI=1S/C10H20N2O4/c1-6-12(9(14)15-7-2)11-8(13)16-10(3,4)5/h6-7H2,1-5H3,(H,11,13). The van der Waals surface area contributed by atoms with Crippen LogP contribution in [0.3, 0.4) is 0 Å². The van der Waals surface area contributed by atoms with E-state index in [1.807, 2.05) is 0 Å². The molecule has 0 atom stereocenters. The fourth-order valence-electron chi connectivity index (χ4n) is 0.866. The molecule has 0 unspecified atom stereocenters. The molecule has 16 heavy (non-hydrogen) atoms. The van der Waals surface area contributed by atoms with E-state index in [9.17, 15) is 9.59 Å². The molecule has 1 N–H and O–H groups in total. The molecule has 0 radical (unpaired) electrons. The van der Waals surface area contributed by atoms with Crippen molar-refractivity contribution in [1.29, 1.82) is 0 Å². The molecule has 0 spiro atoms. The average molecular weight is 232 g/mol. The Balaban J connectivity index is 4.22. The first-order valence-electron chi connectivity index (χ1n) is 5.24. The van der Waals surface area contributed by atoms with Gasteiger partial charge in [0, 0.05) is 6.54 Å². The van der Waals surface area contributed by atoms with E-state index in [2.05, 4.69) is 5.43 Å². The van der Waals surface area contributed by atoms with E-state index >= 15 is 0 Å². The summed E-state index contributed by atoms with van der Waals surface area (Å²) in [5.74, 6) is 0. The van der Waals surface area contributed by atoms with Gasteiger partial charge >= 0.3 is 12.2 Å². The van der Waals surface area contributed by atoms with Gasteiger partial charge in [-0.25, -0.2) is 20.0 Å². The van der Waals surface area contributed by atoms with Crippen molar-refractivity contribution in [3.05, 3.63) is 0 Å². The Morgan fingerprint density at radius 2 is 1.81 bits per heavy atom. The molecule has 0 saturated carbocycles. The van der Waals surface area contributed by atoms with Gasteiger partial charge in [-0.1, -0.05) is 0 Å². The summed E-state index contributed by atoms with van der Waals surface area (Å²) in [5.41, 5.74) is 1.71. The first-order chi connectivity index (χ1) is 7.30. The van der Waals surface area contributed by atoms with Crippen molar-refractivity contribution in [2.75, 3.05) is 13.2 Å². The molecule has 0 aromatic carbocycles. The van der Waals surface area contributed by atoms with E-state index < -0.39 is 17.8 Å². The molecule has 6 heteroatoms. The number of hydrazine groups is 1. The smallest absolute Gasteiger partial charge is 0.428 e. The van der Waals surface area contributed by atoms with E-state index in [0.29, 0.717) is 6.54 Å². The summed E-state index contributed by atoms with van der Waals surface area (Å²) in [7, 11) is 0. The van der Waals surface area contributed by atoms with Crippen LogP contribution in [0.4, 0.5) is 9.59 Å².